The summed E-state index contributed by atoms with van der Waals surface area (Å²) in [5.41, 5.74) is 13.6. The molecule has 10 aromatic rings. The van der Waals surface area contributed by atoms with E-state index >= 15 is 0 Å². The van der Waals surface area contributed by atoms with Gasteiger partial charge in [0.15, 0.2) is 17.3 Å². The lowest BCUT2D eigenvalue weighted by Crippen LogP contribution is -2.50. The van der Waals surface area contributed by atoms with Crippen LogP contribution in [-0.4, -0.2) is 106 Å². The molecule has 2 aliphatic rings. The first-order valence-electron chi connectivity index (χ1n) is 21.5. The first-order valence-corrected chi connectivity index (χ1v) is 21.5. The third kappa shape index (κ3) is 6.45. The Morgan fingerprint density at radius 3 is 2.10 bits per heavy atom. The molecule has 0 aromatic carbocycles. The van der Waals surface area contributed by atoms with Gasteiger partial charge in [0.25, 0.3) is 0 Å². The fraction of sp³-hybridized carbons (Fsp3) is 0.261. The second-order valence-electron chi connectivity index (χ2n) is 16.8. The number of fused-ring (bicyclic) bond motifs is 4. The second-order valence-corrected chi connectivity index (χ2v) is 16.8. The molecule has 4 N–H and O–H groups in total. The number of nitrogens with zero attached hydrogens (tertiary/aromatic N) is 13. The molecular weight excluding hydrogens is 791 g/mol. The lowest BCUT2D eigenvalue weighted by atomic mass is 10.0. The zero-order valence-corrected chi connectivity index (χ0v) is 34.9. The maximum atomic E-state index is 5.21. The van der Waals surface area contributed by atoms with E-state index < -0.39 is 0 Å². The normalized spacial score (nSPS) is 15.9. The van der Waals surface area contributed by atoms with Gasteiger partial charge in [-0.05, 0) is 56.4 Å². The smallest absolute Gasteiger partial charge is 0.358 e. The minimum absolute atomic E-state index is 0.0924. The largest absolute Gasteiger partial charge is 0.376 e. The van der Waals surface area contributed by atoms with E-state index in [9.17, 15) is 0 Å². The van der Waals surface area contributed by atoms with Crippen LogP contribution in [0.3, 0.4) is 0 Å². The lowest BCUT2D eigenvalue weighted by molar-refractivity contribution is -0.699. The number of nitrogens with one attached hydrogen (secondary N) is 4. The van der Waals surface area contributed by atoms with Crippen LogP contribution in [0.15, 0.2) is 92.3 Å². The Bertz CT molecular complexity index is 3300. The summed E-state index contributed by atoms with van der Waals surface area (Å²) in [7, 11) is 4.01. The summed E-state index contributed by atoms with van der Waals surface area (Å²) in [5, 5.41) is 18.0. The number of pyridine rings is 6. The average molecular weight is 835 g/mol. The number of anilines is 3. The molecule has 0 bridgehead atoms. The van der Waals surface area contributed by atoms with Gasteiger partial charge in [-0.3, -0.25) is 25.0 Å². The van der Waals surface area contributed by atoms with Crippen LogP contribution in [0.4, 0.5) is 17.1 Å². The summed E-state index contributed by atoms with van der Waals surface area (Å²) >= 11 is 0. The molecule has 12 heterocycles. The van der Waals surface area contributed by atoms with Gasteiger partial charge in [-0.2, -0.15) is 10.2 Å². The Hall–Kier alpha value is -7.82. The number of H-pyrrole nitrogens is 4. The van der Waals surface area contributed by atoms with Crippen molar-refractivity contribution >= 4 is 61.2 Å². The number of imidazole rings is 2. The Morgan fingerprint density at radius 2 is 1.33 bits per heavy atom. The van der Waals surface area contributed by atoms with Crippen molar-refractivity contribution in [2.45, 2.75) is 38.1 Å². The molecule has 17 nitrogen and oxygen atoms in total. The maximum absolute atomic E-state index is 5.21. The van der Waals surface area contributed by atoms with Crippen LogP contribution in [0.25, 0.3) is 89.4 Å². The van der Waals surface area contributed by atoms with Crippen molar-refractivity contribution in [1.29, 1.82) is 0 Å². The molecule has 63 heavy (non-hydrogen) atoms. The van der Waals surface area contributed by atoms with Crippen LogP contribution in [-0.2, 0) is 0 Å². The lowest BCUT2D eigenvalue weighted by Gasteiger charge is -2.33. The molecule has 2 aliphatic heterocycles. The van der Waals surface area contributed by atoms with E-state index in [1.807, 2.05) is 80.8 Å². The van der Waals surface area contributed by atoms with Crippen molar-refractivity contribution in [2.24, 2.45) is 0 Å². The molecule has 1 atom stereocenters. The third-order valence-electron chi connectivity index (χ3n) is 12.6. The van der Waals surface area contributed by atoms with E-state index in [-0.39, 0.29) is 6.04 Å². The van der Waals surface area contributed by atoms with Gasteiger partial charge in [-0.25, -0.2) is 19.5 Å². The van der Waals surface area contributed by atoms with E-state index in [2.05, 4.69) is 90.0 Å². The van der Waals surface area contributed by atoms with E-state index in [1.54, 1.807) is 0 Å². The van der Waals surface area contributed by atoms with Crippen LogP contribution in [0.2, 0.25) is 0 Å². The van der Waals surface area contributed by atoms with Crippen molar-refractivity contribution in [2.75, 3.05) is 55.0 Å². The highest BCUT2D eigenvalue weighted by Crippen LogP contribution is 2.36. The summed E-state index contributed by atoms with van der Waals surface area (Å²) in [6.45, 7) is 3.63. The molecule has 2 saturated heterocycles. The fourth-order valence-corrected chi connectivity index (χ4v) is 9.37. The molecule has 0 amide bonds. The van der Waals surface area contributed by atoms with Gasteiger partial charge in [-0.15, -0.1) is 0 Å². The monoisotopic (exact) mass is 834 g/mol. The zero-order chi connectivity index (χ0) is 42.0. The maximum Gasteiger partial charge on any atom is 0.358 e. The van der Waals surface area contributed by atoms with Gasteiger partial charge in [-0.1, -0.05) is 6.07 Å². The minimum Gasteiger partial charge on any atom is -0.376 e. The molecule has 17 heteroatoms. The van der Waals surface area contributed by atoms with Crippen molar-refractivity contribution in [3.8, 4) is 45.3 Å². The van der Waals surface area contributed by atoms with Gasteiger partial charge < -0.3 is 24.7 Å². The summed E-state index contributed by atoms with van der Waals surface area (Å²) in [6, 6.07) is 10.6. The molecule has 0 aliphatic carbocycles. The minimum atomic E-state index is 0.0924. The predicted molar refractivity (Wildman–Crippen MR) is 243 cm³/mol. The molecular formula is C46H44N17+. The van der Waals surface area contributed by atoms with Crippen molar-refractivity contribution in [3.05, 3.63) is 92.3 Å². The quantitative estimate of drug-likeness (QED) is 0.115. The molecule has 12 rings (SSSR count). The van der Waals surface area contributed by atoms with Gasteiger partial charge in [0.05, 0.1) is 82.3 Å². The van der Waals surface area contributed by atoms with Gasteiger partial charge in [0.1, 0.15) is 33.8 Å². The highest BCUT2D eigenvalue weighted by molar-refractivity contribution is 5.97. The summed E-state index contributed by atoms with van der Waals surface area (Å²) in [4.78, 5) is 47.3. The Balaban J connectivity index is 0.902. The second kappa shape index (κ2) is 15.0. The Labute approximate surface area is 360 Å². The standard InChI is InChI=1S/C46H43N17/c1-60(2)32-14-28(18-48-20-32)29-15-33-39(56-58-43(33)51-19-29)44-52-36-22-50-24-38(42(36)55-44)62-13-7-9-31(26-62)63-25-30(27-8-6-10-47-17-27)16-34-40(57-59-46(34)63)45-53-35-21-49-23-37(41(35)54-45)61-11-4-3-5-12-61/h6,8,10,14-25,31H,3-5,7,9,11-13,26H2,1-2H3,(H3,49,50,51,52,53,54,55,56,57,58)/p+1. The summed E-state index contributed by atoms with van der Waals surface area (Å²) in [5.74, 6) is 1.40. The van der Waals surface area contributed by atoms with Crippen LogP contribution in [0.5, 0.6) is 0 Å². The number of hydrogen-bond donors (Lipinski definition) is 4. The van der Waals surface area contributed by atoms with Crippen LogP contribution >= 0.6 is 0 Å². The number of aromatic amines is 4. The third-order valence-corrected chi connectivity index (χ3v) is 12.6. The van der Waals surface area contributed by atoms with Crippen molar-refractivity contribution < 1.29 is 4.57 Å². The molecule has 0 spiro atoms. The molecule has 10 aromatic heterocycles. The highest BCUT2D eigenvalue weighted by Gasteiger charge is 2.32. The predicted octanol–water partition coefficient (Wildman–Crippen LogP) is 7.02. The topological polar surface area (TPSA) is 193 Å². The summed E-state index contributed by atoms with van der Waals surface area (Å²) in [6.07, 6.45) is 24.6. The van der Waals surface area contributed by atoms with Gasteiger partial charge >= 0.3 is 5.65 Å². The van der Waals surface area contributed by atoms with Crippen LogP contribution in [0, 0.1) is 0 Å². The first kappa shape index (κ1) is 37.0. The average Bonchev–Trinajstić information content (AvgIpc) is 4.16. The molecule has 1 unspecified atom stereocenters. The van der Waals surface area contributed by atoms with Crippen molar-refractivity contribution in [1.82, 2.24) is 65.3 Å². The SMILES string of the molecule is CN(C)c1cncc(-c2cnc3n[nH]c(-c4nc5c(N6CCCC([n+]7cc(-c8cccnc8)cc8c(-c9nc%10c(N%11CCCCC%11)cncc%10[nH]9)[nH]nc87)C6)cncc5[nH]4)c3c2)c1. The number of aromatic nitrogens is 14. The van der Waals surface area contributed by atoms with E-state index in [0.29, 0.717) is 11.5 Å². The van der Waals surface area contributed by atoms with Gasteiger partial charge in [0.2, 0.25) is 0 Å². The first-order chi connectivity index (χ1) is 31.0. The highest BCUT2D eigenvalue weighted by atomic mass is 15.2. The van der Waals surface area contributed by atoms with Gasteiger partial charge in [0, 0.05) is 80.8 Å². The molecule has 0 radical (unpaired) electrons. The Morgan fingerprint density at radius 1 is 0.651 bits per heavy atom. The zero-order valence-electron chi connectivity index (χ0n) is 34.9. The van der Waals surface area contributed by atoms with Crippen LogP contribution in [0.1, 0.15) is 38.1 Å². The van der Waals surface area contributed by atoms with E-state index in [4.69, 9.17) is 20.1 Å². The number of piperidine rings is 2. The summed E-state index contributed by atoms with van der Waals surface area (Å²) < 4.78 is 2.34. The van der Waals surface area contributed by atoms with E-state index in [1.165, 1.54) is 19.3 Å². The fourth-order valence-electron chi connectivity index (χ4n) is 9.37. The molecule has 0 saturated carbocycles. The number of rotatable bonds is 8. The molecule has 2 fully saturated rings. The molecule has 312 valence electrons. The number of hydrogen-bond acceptors (Lipinski definition) is 12. The van der Waals surface area contributed by atoms with Crippen LogP contribution < -0.4 is 19.3 Å². The Kier molecular flexibility index (Phi) is 8.79. The van der Waals surface area contributed by atoms with E-state index in [0.717, 1.165) is 134 Å². The van der Waals surface area contributed by atoms with Crippen molar-refractivity contribution in [3.63, 3.8) is 0 Å².